The van der Waals surface area contributed by atoms with Crippen LogP contribution in [0.3, 0.4) is 0 Å². The maximum Gasteiger partial charge on any atom is 0.396 e. The van der Waals surface area contributed by atoms with Crippen LogP contribution >= 0.6 is 0 Å². The summed E-state index contributed by atoms with van der Waals surface area (Å²) in [5.74, 6) is -2.46. The van der Waals surface area contributed by atoms with Gasteiger partial charge >= 0.3 is 17.6 Å². The summed E-state index contributed by atoms with van der Waals surface area (Å²) in [6, 6.07) is 0. The Bertz CT molecular complexity index is 365. The summed E-state index contributed by atoms with van der Waals surface area (Å²) in [7, 11) is 0. The van der Waals surface area contributed by atoms with E-state index in [9.17, 15) is 19.7 Å². The third kappa shape index (κ3) is 1.58. The zero-order chi connectivity index (χ0) is 10.7. The van der Waals surface area contributed by atoms with Crippen LogP contribution in [0.15, 0.2) is 6.20 Å². The zero-order valence-corrected chi connectivity index (χ0v) is 6.78. The van der Waals surface area contributed by atoms with Crippen molar-refractivity contribution < 1.29 is 19.6 Å². The molecule has 0 unspecified atom stereocenters. The van der Waals surface area contributed by atoms with Gasteiger partial charge in [-0.05, 0) is 4.92 Å². The van der Waals surface area contributed by atoms with E-state index >= 15 is 0 Å². The van der Waals surface area contributed by atoms with Crippen molar-refractivity contribution in [1.29, 1.82) is 0 Å². The lowest BCUT2D eigenvalue weighted by Crippen LogP contribution is -2.12. The highest BCUT2D eigenvalue weighted by Gasteiger charge is 2.24. The molecule has 0 aliphatic carbocycles. The quantitative estimate of drug-likeness (QED) is 0.404. The molecule has 0 spiro atoms. The van der Waals surface area contributed by atoms with E-state index in [1.54, 1.807) is 0 Å². The number of hydrogen-bond acceptors (Lipinski definition) is 5. The van der Waals surface area contributed by atoms with Gasteiger partial charge in [0, 0.05) is 0 Å². The largest absolute Gasteiger partial charge is 0.474 e. The van der Waals surface area contributed by atoms with E-state index in [-0.39, 0.29) is 0 Å². The summed E-state index contributed by atoms with van der Waals surface area (Å²) in [6.07, 6.45) is 1.16. The van der Waals surface area contributed by atoms with E-state index in [1.165, 1.54) is 0 Å². The van der Waals surface area contributed by atoms with Crippen LogP contribution in [-0.4, -0.2) is 31.8 Å². The van der Waals surface area contributed by atoms with Crippen LogP contribution in [0.2, 0.25) is 0 Å². The van der Waals surface area contributed by atoms with Gasteiger partial charge in [0.2, 0.25) is 0 Å². The number of imidazole rings is 1. The highest BCUT2D eigenvalue weighted by molar-refractivity contribution is 5.84. The average Bonchev–Trinajstić information content (AvgIpc) is 2.48. The first-order valence-electron chi connectivity index (χ1n) is 3.44. The first kappa shape index (κ1) is 9.84. The maximum atomic E-state index is 10.5. The van der Waals surface area contributed by atoms with Gasteiger partial charge in [-0.2, -0.15) is 4.57 Å². The lowest BCUT2D eigenvalue weighted by Gasteiger charge is -1.96. The van der Waals surface area contributed by atoms with E-state index < -0.39 is 29.1 Å². The van der Waals surface area contributed by atoms with Gasteiger partial charge in [0.15, 0.2) is 6.29 Å². The Morgan fingerprint density at radius 3 is 2.86 bits per heavy atom. The predicted octanol–water partition coefficient (Wildman–Crippen LogP) is -0.312. The van der Waals surface area contributed by atoms with Gasteiger partial charge in [0.25, 0.3) is 0 Å². The topological polar surface area (TPSA) is 115 Å². The molecule has 0 aromatic carbocycles. The number of carboxylic acid groups (broad SMARTS) is 1. The molecule has 1 N–H and O–H groups in total. The maximum absolute atomic E-state index is 10.5. The van der Waals surface area contributed by atoms with Crippen LogP contribution < -0.4 is 0 Å². The minimum Gasteiger partial charge on any atom is -0.474 e. The fourth-order valence-electron chi connectivity index (χ4n) is 0.938. The summed E-state index contributed by atoms with van der Waals surface area (Å²) < 4.78 is 0.718. The Morgan fingerprint density at radius 1 is 1.79 bits per heavy atom. The van der Waals surface area contributed by atoms with Crippen molar-refractivity contribution in [2.45, 2.75) is 6.54 Å². The predicted molar refractivity (Wildman–Crippen MR) is 41.9 cm³/mol. The molecule has 0 saturated carbocycles. The highest BCUT2D eigenvalue weighted by Crippen LogP contribution is 2.13. The van der Waals surface area contributed by atoms with Gasteiger partial charge in [0.1, 0.15) is 12.7 Å². The number of hydrogen-bond donors (Lipinski definition) is 1. The van der Waals surface area contributed by atoms with Gasteiger partial charge in [-0.3, -0.25) is 4.79 Å². The summed E-state index contributed by atoms with van der Waals surface area (Å²) in [4.78, 5) is 33.6. The molecule has 14 heavy (non-hydrogen) atoms. The molecule has 1 rings (SSSR count). The smallest absolute Gasteiger partial charge is 0.396 e. The lowest BCUT2D eigenvalue weighted by molar-refractivity contribution is -0.392. The zero-order valence-electron chi connectivity index (χ0n) is 6.78. The highest BCUT2D eigenvalue weighted by atomic mass is 16.6. The molecule has 0 bridgehead atoms. The van der Waals surface area contributed by atoms with Gasteiger partial charge in [-0.15, -0.1) is 0 Å². The summed E-state index contributed by atoms with van der Waals surface area (Å²) in [6.45, 7) is -0.405. The van der Waals surface area contributed by atoms with Crippen LogP contribution in [0.25, 0.3) is 0 Å². The van der Waals surface area contributed by atoms with Crippen LogP contribution in [-0.2, 0) is 11.3 Å². The Labute approximate surface area is 76.9 Å². The number of nitrogens with zero attached hydrogens (tertiary/aromatic N) is 3. The molecule has 8 nitrogen and oxygen atoms in total. The van der Waals surface area contributed by atoms with Crippen LogP contribution in [0.1, 0.15) is 10.6 Å². The molecule has 0 saturated heterocycles. The van der Waals surface area contributed by atoms with Crippen molar-refractivity contribution in [3.05, 3.63) is 22.1 Å². The summed E-state index contributed by atoms with van der Waals surface area (Å²) in [5, 5.41) is 18.9. The van der Waals surface area contributed by atoms with E-state index in [4.69, 9.17) is 5.11 Å². The Morgan fingerprint density at radius 2 is 2.43 bits per heavy atom. The molecule has 0 aliphatic heterocycles. The van der Waals surface area contributed by atoms with Crippen LogP contribution in [0.5, 0.6) is 0 Å². The third-order valence-electron chi connectivity index (χ3n) is 1.47. The Balaban J connectivity index is 3.26. The second kappa shape index (κ2) is 3.64. The first-order valence-corrected chi connectivity index (χ1v) is 3.44. The molecule has 1 aromatic rings. The number of carbonyl (C=O) groups is 2. The van der Waals surface area contributed by atoms with E-state index in [1.807, 2.05) is 0 Å². The van der Waals surface area contributed by atoms with Crippen molar-refractivity contribution in [1.82, 2.24) is 9.55 Å². The van der Waals surface area contributed by atoms with Crippen molar-refractivity contribution in [3.8, 4) is 0 Å². The first-order chi connectivity index (χ1) is 6.57. The van der Waals surface area contributed by atoms with Crippen LogP contribution in [0.4, 0.5) is 5.82 Å². The van der Waals surface area contributed by atoms with E-state index in [2.05, 4.69) is 4.98 Å². The summed E-state index contributed by atoms with van der Waals surface area (Å²) in [5.41, 5.74) is 0. The molecule has 8 heteroatoms. The SMILES string of the molecule is O=CCn1c([N+](=O)[O-])cnc1C(=O)O. The molecule has 0 radical (unpaired) electrons. The molecular weight excluding hydrogens is 194 g/mol. The fourth-order valence-corrected chi connectivity index (χ4v) is 0.938. The minimum absolute atomic E-state index is 0.362. The summed E-state index contributed by atoms with van der Waals surface area (Å²) >= 11 is 0. The number of carbonyl (C=O) groups excluding carboxylic acids is 1. The molecule has 1 aromatic heterocycles. The number of nitro groups is 1. The number of aromatic carboxylic acids is 1. The molecule has 0 aliphatic rings. The molecular formula is C6H5N3O5. The van der Waals surface area contributed by atoms with E-state index in [0.717, 1.165) is 10.8 Å². The molecule has 0 atom stereocenters. The van der Waals surface area contributed by atoms with Crippen molar-refractivity contribution in [2.24, 2.45) is 0 Å². The van der Waals surface area contributed by atoms with Gasteiger partial charge in [0.05, 0.1) is 0 Å². The van der Waals surface area contributed by atoms with Crippen LogP contribution in [0, 0.1) is 10.1 Å². The van der Waals surface area contributed by atoms with Crippen molar-refractivity contribution in [2.75, 3.05) is 0 Å². The molecule has 1 heterocycles. The number of aromatic nitrogens is 2. The van der Waals surface area contributed by atoms with Crippen molar-refractivity contribution >= 4 is 18.1 Å². The lowest BCUT2D eigenvalue weighted by atomic mass is 10.5. The number of rotatable bonds is 4. The Kier molecular flexibility index (Phi) is 2.56. The minimum atomic E-state index is -1.42. The molecule has 0 fully saturated rings. The number of carboxylic acids is 1. The second-order valence-corrected chi connectivity index (χ2v) is 2.28. The average molecular weight is 199 g/mol. The van der Waals surface area contributed by atoms with Gasteiger partial charge in [-0.1, -0.05) is 0 Å². The normalized spacial score (nSPS) is 9.71. The fraction of sp³-hybridized carbons (Fsp3) is 0.167. The molecule has 74 valence electrons. The Hall–Kier alpha value is -2.25. The van der Waals surface area contributed by atoms with Gasteiger partial charge in [-0.25, -0.2) is 9.78 Å². The van der Waals surface area contributed by atoms with Crippen molar-refractivity contribution in [3.63, 3.8) is 0 Å². The monoisotopic (exact) mass is 199 g/mol. The van der Waals surface area contributed by atoms with Gasteiger partial charge < -0.3 is 15.2 Å². The second-order valence-electron chi connectivity index (χ2n) is 2.28. The van der Waals surface area contributed by atoms with E-state index in [0.29, 0.717) is 6.29 Å². The molecule has 0 amide bonds. The standard InChI is InChI=1S/C6H5N3O5/c10-2-1-8-4(9(13)14)3-7-5(8)6(11)12/h2-3H,1H2,(H,11,12). The third-order valence-corrected chi connectivity index (χ3v) is 1.47. The number of aldehydes is 1.